The average molecular weight is 539 g/mol. The smallest absolute Gasteiger partial charge is 0.0620 e. The van der Waals surface area contributed by atoms with Gasteiger partial charge in [0.15, 0.2) is 0 Å². The quantitative estimate of drug-likeness (QED) is 0.181. The average Bonchev–Trinajstić information content (AvgIpc) is 3.28. The van der Waals surface area contributed by atoms with Crippen LogP contribution >= 0.6 is 15.9 Å². The molecule has 0 radical (unpaired) electrons. The second kappa shape index (κ2) is 7.25. The molecule has 0 unspecified atom stereocenters. The standard InChI is InChI=1S/C34H36BrN/c1-32(2,3)19-10-12-28-23(14-19)25-16-20(33(4,5)6)17-26-30-24-15-21(34(7,8)9)18-27(35)22(24)11-13-29(30)36(28)31(25)26/h10-18H,1-9H3. The van der Waals surface area contributed by atoms with Crippen LogP contribution in [0, 0.1) is 0 Å². The second-order valence-electron chi connectivity index (χ2n) is 13.8. The molecular formula is C34H36BrN. The monoisotopic (exact) mass is 537 g/mol. The second-order valence-corrected chi connectivity index (χ2v) is 14.6. The fraction of sp³-hybridized carbons (Fsp3) is 0.353. The Balaban J connectivity index is 1.89. The van der Waals surface area contributed by atoms with Crippen molar-refractivity contribution < 1.29 is 0 Å². The van der Waals surface area contributed by atoms with E-state index in [2.05, 4.69) is 137 Å². The third-order valence-electron chi connectivity index (χ3n) is 8.03. The number of aromatic nitrogens is 1. The molecule has 2 aromatic heterocycles. The van der Waals surface area contributed by atoms with Crippen LogP contribution in [0.1, 0.15) is 79.0 Å². The van der Waals surface area contributed by atoms with Crippen LogP contribution in [0.2, 0.25) is 0 Å². The summed E-state index contributed by atoms with van der Waals surface area (Å²) in [6, 6.07) is 21.4. The van der Waals surface area contributed by atoms with E-state index in [-0.39, 0.29) is 16.2 Å². The molecule has 0 N–H and O–H groups in total. The van der Waals surface area contributed by atoms with Gasteiger partial charge in [-0.05, 0) is 86.2 Å². The van der Waals surface area contributed by atoms with E-state index in [0.717, 1.165) is 0 Å². The predicted octanol–water partition coefficient (Wildman–Crippen LogP) is 10.6. The van der Waals surface area contributed by atoms with E-state index >= 15 is 0 Å². The first-order valence-electron chi connectivity index (χ1n) is 13.1. The van der Waals surface area contributed by atoms with Gasteiger partial charge in [0.2, 0.25) is 0 Å². The molecule has 1 nitrogen and oxygen atoms in total. The van der Waals surface area contributed by atoms with Crippen molar-refractivity contribution in [3.05, 3.63) is 75.8 Å². The summed E-state index contributed by atoms with van der Waals surface area (Å²) in [7, 11) is 0. The van der Waals surface area contributed by atoms with Gasteiger partial charge in [-0.3, -0.25) is 0 Å². The van der Waals surface area contributed by atoms with Crippen molar-refractivity contribution in [2.45, 2.75) is 78.6 Å². The summed E-state index contributed by atoms with van der Waals surface area (Å²) in [5, 5.41) is 8.08. The van der Waals surface area contributed by atoms with Gasteiger partial charge >= 0.3 is 0 Å². The highest BCUT2D eigenvalue weighted by Crippen LogP contribution is 2.46. The first-order valence-corrected chi connectivity index (χ1v) is 13.9. The van der Waals surface area contributed by atoms with E-state index in [4.69, 9.17) is 0 Å². The number of hydrogen-bond donors (Lipinski definition) is 0. The molecule has 0 amide bonds. The van der Waals surface area contributed by atoms with Crippen molar-refractivity contribution >= 4 is 64.8 Å². The Kier molecular flexibility index (Phi) is 4.80. The van der Waals surface area contributed by atoms with Crippen molar-refractivity contribution in [1.82, 2.24) is 4.40 Å². The molecule has 2 heterocycles. The summed E-state index contributed by atoms with van der Waals surface area (Å²) in [5.74, 6) is 0. The van der Waals surface area contributed by atoms with Crippen LogP contribution < -0.4 is 0 Å². The first kappa shape index (κ1) is 23.8. The summed E-state index contributed by atoms with van der Waals surface area (Å²) in [6.45, 7) is 20.8. The lowest BCUT2D eigenvalue weighted by molar-refractivity contribution is 0.590. The van der Waals surface area contributed by atoms with Crippen molar-refractivity contribution in [3.8, 4) is 0 Å². The molecule has 184 valence electrons. The van der Waals surface area contributed by atoms with Gasteiger partial charge in [-0.1, -0.05) is 90.4 Å². The number of halogens is 1. The van der Waals surface area contributed by atoms with Crippen LogP contribution in [0.4, 0.5) is 0 Å². The lowest BCUT2D eigenvalue weighted by atomic mass is 9.83. The number of rotatable bonds is 0. The van der Waals surface area contributed by atoms with Gasteiger partial charge in [-0.25, -0.2) is 0 Å². The first-order chi connectivity index (χ1) is 16.7. The topological polar surface area (TPSA) is 4.41 Å². The Morgan fingerprint density at radius 3 is 1.67 bits per heavy atom. The van der Waals surface area contributed by atoms with Crippen LogP contribution in [0.25, 0.3) is 48.9 Å². The molecule has 0 aliphatic carbocycles. The molecule has 0 fully saturated rings. The zero-order chi connectivity index (χ0) is 25.9. The highest BCUT2D eigenvalue weighted by molar-refractivity contribution is 9.10. The van der Waals surface area contributed by atoms with E-state index in [9.17, 15) is 0 Å². The fourth-order valence-electron chi connectivity index (χ4n) is 5.77. The maximum Gasteiger partial charge on any atom is 0.0620 e. The van der Waals surface area contributed by atoms with Gasteiger partial charge in [-0.15, -0.1) is 0 Å². The minimum Gasteiger partial charge on any atom is -0.308 e. The fourth-order valence-corrected chi connectivity index (χ4v) is 6.36. The maximum atomic E-state index is 3.92. The van der Waals surface area contributed by atoms with Crippen molar-refractivity contribution in [2.24, 2.45) is 0 Å². The molecule has 6 aromatic rings. The Morgan fingerprint density at radius 1 is 0.500 bits per heavy atom. The van der Waals surface area contributed by atoms with Crippen LogP contribution in [0.5, 0.6) is 0 Å². The van der Waals surface area contributed by atoms with Gasteiger partial charge in [-0.2, -0.15) is 0 Å². The Bertz CT molecular complexity index is 1830. The minimum absolute atomic E-state index is 0.0608. The Labute approximate surface area is 223 Å². The summed E-state index contributed by atoms with van der Waals surface area (Å²) >= 11 is 3.92. The van der Waals surface area contributed by atoms with Crippen LogP contribution in [0.3, 0.4) is 0 Å². The summed E-state index contributed by atoms with van der Waals surface area (Å²) in [4.78, 5) is 0. The molecule has 0 aliphatic heterocycles. The largest absolute Gasteiger partial charge is 0.308 e. The van der Waals surface area contributed by atoms with Gasteiger partial charge < -0.3 is 4.40 Å². The lowest BCUT2D eigenvalue weighted by Crippen LogP contribution is -2.11. The van der Waals surface area contributed by atoms with E-state index in [1.54, 1.807) is 0 Å². The predicted molar refractivity (Wildman–Crippen MR) is 162 cm³/mol. The van der Waals surface area contributed by atoms with Crippen LogP contribution in [-0.4, -0.2) is 4.40 Å². The third-order valence-corrected chi connectivity index (χ3v) is 8.69. The highest BCUT2D eigenvalue weighted by Gasteiger charge is 2.25. The van der Waals surface area contributed by atoms with Crippen molar-refractivity contribution in [2.75, 3.05) is 0 Å². The molecule has 6 rings (SSSR count). The maximum absolute atomic E-state index is 3.92. The molecular weight excluding hydrogens is 502 g/mol. The lowest BCUT2D eigenvalue weighted by Gasteiger charge is -2.21. The van der Waals surface area contributed by atoms with Crippen LogP contribution in [0.15, 0.2) is 59.1 Å². The van der Waals surface area contributed by atoms with Crippen molar-refractivity contribution in [1.29, 1.82) is 0 Å². The number of nitrogens with zero attached hydrogens (tertiary/aromatic N) is 1. The van der Waals surface area contributed by atoms with E-state index in [0.29, 0.717) is 0 Å². The van der Waals surface area contributed by atoms with Gasteiger partial charge in [0, 0.05) is 26.0 Å². The van der Waals surface area contributed by atoms with Gasteiger partial charge in [0.1, 0.15) is 0 Å². The van der Waals surface area contributed by atoms with Crippen molar-refractivity contribution in [3.63, 3.8) is 0 Å². The molecule has 0 aliphatic rings. The number of hydrogen-bond acceptors (Lipinski definition) is 0. The zero-order valence-corrected chi connectivity index (χ0v) is 24.6. The number of benzene rings is 4. The van der Waals surface area contributed by atoms with E-state index in [1.807, 2.05) is 0 Å². The molecule has 0 saturated heterocycles. The van der Waals surface area contributed by atoms with E-state index < -0.39 is 0 Å². The normalized spacial score (nSPS) is 13.8. The molecule has 0 spiro atoms. The van der Waals surface area contributed by atoms with Gasteiger partial charge in [0.05, 0.1) is 16.6 Å². The van der Waals surface area contributed by atoms with Gasteiger partial charge in [0.25, 0.3) is 0 Å². The molecule has 4 aromatic carbocycles. The van der Waals surface area contributed by atoms with E-state index in [1.165, 1.54) is 70.0 Å². The summed E-state index contributed by atoms with van der Waals surface area (Å²) < 4.78 is 3.69. The third kappa shape index (κ3) is 3.33. The molecule has 0 saturated carbocycles. The molecule has 0 atom stereocenters. The molecule has 36 heavy (non-hydrogen) atoms. The SMILES string of the molecule is CC(C)(C)c1cc(Br)c2ccc3c(c2c1)c1cc(C(C)(C)C)cc2c4cc(C(C)(C)C)ccc4n3c21. The summed E-state index contributed by atoms with van der Waals surface area (Å²) in [6.07, 6.45) is 0. The molecule has 2 heteroatoms. The van der Waals surface area contributed by atoms with Crippen LogP contribution in [-0.2, 0) is 16.2 Å². The minimum atomic E-state index is 0.0608. The molecule has 0 bridgehead atoms. The summed E-state index contributed by atoms with van der Waals surface area (Å²) in [5.41, 5.74) is 8.33. The Morgan fingerprint density at radius 2 is 1.03 bits per heavy atom. The highest BCUT2D eigenvalue weighted by atomic mass is 79.9. The Hall–Kier alpha value is -2.58. The number of fused-ring (bicyclic) bond motifs is 8. The zero-order valence-electron chi connectivity index (χ0n) is 23.0.